The zero-order chi connectivity index (χ0) is 13.1. The number of halogens is 2. The first-order chi connectivity index (χ1) is 8.58. The van der Waals surface area contributed by atoms with E-state index in [1.807, 2.05) is 18.2 Å². The maximum atomic E-state index is 6.20. The third-order valence-corrected chi connectivity index (χ3v) is 4.62. The zero-order valence-corrected chi connectivity index (χ0v) is 12.6. The normalized spacial score (nSPS) is 20.3. The van der Waals surface area contributed by atoms with E-state index in [1.165, 1.54) is 31.3 Å². The fraction of sp³-hybridized carbons (Fsp3) is 0.500. The first-order valence-corrected chi connectivity index (χ1v) is 7.47. The van der Waals surface area contributed by atoms with Crippen molar-refractivity contribution < 1.29 is 0 Å². The van der Waals surface area contributed by atoms with Crippen molar-refractivity contribution in [3.63, 3.8) is 0 Å². The van der Waals surface area contributed by atoms with Gasteiger partial charge in [-0.3, -0.25) is 0 Å². The average Bonchev–Trinajstić information content (AvgIpc) is 2.34. The third kappa shape index (κ3) is 3.30. The van der Waals surface area contributed by atoms with Crippen molar-refractivity contribution in [2.24, 2.45) is 11.8 Å². The van der Waals surface area contributed by atoms with Gasteiger partial charge in [0.25, 0.3) is 0 Å². The fourth-order valence-corrected chi connectivity index (χ4v) is 3.18. The van der Waals surface area contributed by atoms with E-state index >= 15 is 0 Å². The molecule has 0 saturated heterocycles. The molecule has 0 radical (unpaired) electrons. The Hall–Kier alpha value is -0.460. The number of hydrogen-bond acceptors (Lipinski definition) is 0. The van der Waals surface area contributed by atoms with Crippen LogP contribution in [0.2, 0.25) is 10.0 Å². The van der Waals surface area contributed by atoms with E-state index in [9.17, 15) is 0 Å². The van der Waals surface area contributed by atoms with E-state index in [1.54, 1.807) is 0 Å². The van der Waals surface area contributed by atoms with Crippen molar-refractivity contribution in [3.05, 3.63) is 39.4 Å². The van der Waals surface area contributed by atoms with Crippen molar-refractivity contribution in [3.8, 4) is 0 Å². The second-order valence-corrected chi connectivity index (χ2v) is 6.33. The largest absolute Gasteiger partial charge is 0.0836 e. The summed E-state index contributed by atoms with van der Waals surface area (Å²) in [6.07, 6.45) is 7.16. The van der Waals surface area contributed by atoms with Gasteiger partial charge >= 0.3 is 0 Å². The molecule has 2 rings (SSSR count). The highest BCUT2D eigenvalue weighted by Gasteiger charge is 2.19. The molecule has 98 valence electrons. The van der Waals surface area contributed by atoms with Crippen LogP contribution in [-0.2, 0) is 0 Å². The molecule has 1 saturated carbocycles. The van der Waals surface area contributed by atoms with E-state index < -0.39 is 0 Å². The summed E-state index contributed by atoms with van der Waals surface area (Å²) in [6, 6.07) is 5.70. The molecule has 0 aliphatic heterocycles. The quantitative estimate of drug-likeness (QED) is 0.604. The van der Waals surface area contributed by atoms with Crippen molar-refractivity contribution >= 4 is 29.3 Å². The Morgan fingerprint density at radius 3 is 2.17 bits per heavy atom. The first kappa shape index (κ1) is 14.0. The molecule has 0 nitrogen and oxygen atoms in total. The second-order valence-electron chi connectivity index (χ2n) is 5.52. The topological polar surface area (TPSA) is 0 Å². The molecule has 0 unspecified atom stereocenters. The summed E-state index contributed by atoms with van der Waals surface area (Å²) in [5.74, 6) is 1.68. The van der Waals surface area contributed by atoms with Crippen LogP contribution in [0.4, 0.5) is 0 Å². The van der Waals surface area contributed by atoms with Crippen LogP contribution < -0.4 is 0 Å². The second kappa shape index (κ2) is 6.12. The van der Waals surface area contributed by atoms with Crippen LogP contribution in [0.3, 0.4) is 0 Å². The van der Waals surface area contributed by atoms with Crippen LogP contribution in [0.1, 0.15) is 45.1 Å². The van der Waals surface area contributed by atoms with Gasteiger partial charge in [-0.25, -0.2) is 0 Å². The smallest absolute Gasteiger partial charge is 0.0493 e. The van der Waals surface area contributed by atoms with Gasteiger partial charge in [0.05, 0.1) is 0 Å². The molecular formula is C16H20Cl2. The lowest BCUT2D eigenvalue weighted by Gasteiger charge is -2.27. The standard InChI is InChI=1S/C16H20Cl2/c1-11(2)13-8-6-12(7-9-13)10-14-15(17)4-3-5-16(14)18/h3-5,10-11,13H,6-9H2,1-2H3. The predicted octanol–water partition coefficient (Wildman–Crippen LogP) is 6.22. The lowest BCUT2D eigenvalue weighted by Crippen LogP contribution is -2.13. The molecule has 1 fully saturated rings. The zero-order valence-electron chi connectivity index (χ0n) is 11.0. The van der Waals surface area contributed by atoms with Gasteiger partial charge in [-0.05, 0) is 49.7 Å². The Labute approximate surface area is 120 Å². The third-order valence-electron chi connectivity index (χ3n) is 3.96. The van der Waals surface area contributed by atoms with Gasteiger partial charge in [-0.2, -0.15) is 0 Å². The van der Waals surface area contributed by atoms with E-state index in [2.05, 4.69) is 19.9 Å². The molecule has 0 spiro atoms. The Kier molecular flexibility index (Phi) is 4.75. The molecular weight excluding hydrogens is 263 g/mol. The predicted molar refractivity (Wildman–Crippen MR) is 81.2 cm³/mol. The Morgan fingerprint density at radius 2 is 1.67 bits per heavy atom. The van der Waals surface area contributed by atoms with Gasteiger partial charge < -0.3 is 0 Å². The summed E-state index contributed by atoms with van der Waals surface area (Å²) >= 11 is 12.4. The minimum Gasteiger partial charge on any atom is -0.0836 e. The van der Waals surface area contributed by atoms with Gasteiger partial charge in [0, 0.05) is 15.6 Å². The molecule has 18 heavy (non-hydrogen) atoms. The maximum Gasteiger partial charge on any atom is 0.0493 e. The van der Waals surface area contributed by atoms with Crippen LogP contribution in [0.15, 0.2) is 23.8 Å². The number of allylic oxidation sites excluding steroid dienone is 1. The molecule has 0 N–H and O–H groups in total. The van der Waals surface area contributed by atoms with E-state index in [0.29, 0.717) is 0 Å². The maximum absolute atomic E-state index is 6.20. The molecule has 1 aliphatic rings. The lowest BCUT2D eigenvalue weighted by atomic mass is 9.79. The lowest BCUT2D eigenvalue weighted by molar-refractivity contribution is 0.312. The van der Waals surface area contributed by atoms with Crippen molar-refractivity contribution in [1.82, 2.24) is 0 Å². The molecule has 0 aromatic heterocycles. The summed E-state index contributed by atoms with van der Waals surface area (Å²) in [7, 11) is 0. The summed E-state index contributed by atoms with van der Waals surface area (Å²) < 4.78 is 0. The molecule has 1 aliphatic carbocycles. The molecule has 2 heteroatoms. The van der Waals surface area contributed by atoms with Crippen molar-refractivity contribution in [2.75, 3.05) is 0 Å². The van der Waals surface area contributed by atoms with Gasteiger partial charge in [0.15, 0.2) is 0 Å². The number of rotatable bonds is 2. The molecule has 0 bridgehead atoms. The van der Waals surface area contributed by atoms with E-state index in [0.717, 1.165) is 27.4 Å². The summed E-state index contributed by atoms with van der Waals surface area (Å²) in [4.78, 5) is 0. The van der Waals surface area contributed by atoms with E-state index in [4.69, 9.17) is 23.2 Å². The van der Waals surface area contributed by atoms with Crippen LogP contribution in [-0.4, -0.2) is 0 Å². The summed E-state index contributed by atoms with van der Waals surface area (Å²) in [5.41, 5.74) is 2.47. The minimum absolute atomic E-state index is 0.751. The summed E-state index contributed by atoms with van der Waals surface area (Å²) in [5, 5.41) is 1.50. The monoisotopic (exact) mass is 282 g/mol. The fourth-order valence-electron chi connectivity index (χ4n) is 2.67. The van der Waals surface area contributed by atoms with Crippen LogP contribution >= 0.6 is 23.2 Å². The number of hydrogen-bond donors (Lipinski definition) is 0. The highest BCUT2D eigenvalue weighted by atomic mass is 35.5. The van der Waals surface area contributed by atoms with Gasteiger partial charge in [-0.15, -0.1) is 0 Å². The highest BCUT2D eigenvalue weighted by molar-refractivity contribution is 6.37. The van der Waals surface area contributed by atoms with Crippen molar-refractivity contribution in [1.29, 1.82) is 0 Å². The number of benzene rings is 1. The van der Waals surface area contributed by atoms with E-state index in [-0.39, 0.29) is 0 Å². The Bertz CT molecular complexity index is 416. The summed E-state index contributed by atoms with van der Waals surface area (Å²) in [6.45, 7) is 4.65. The van der Waals surface area contributed by atoms with Gasteiger partial charge in [0.2, 0.25) is 0 Å². The minimum atomic E-state index is 0.751. The first-order valence-electron chi connectivity index (χ1n) is 6.71. The van der Waals surface area contributed by atoms with Crippen LogP contribution in [0.25, 0.3) is 6.08 Å². The molecule has 0 amide bonds. The average molecular weight is 283 g/mol. The molecule has 1 aromatic rings. The van der Waals surface area contributed by atoms with Gasteiger partial charge in [-0.1, -0.05) is 54.8 Å². The van der Waals surface area contributed by atoms with Crippen molar-refractivity contribution in [2.45, 2.75) is 39.5 Å². The highest BCUT2D eigenvalue weighted by Crippen LogP contribution is 2.35. The molecule has 0 heterocycles. The van der Waals surface area contributed by atoms with Gasteiger partial charge in [0.1, 0.15) is 0 Å². The Morgan fingerprint density at radius 1 is 1.11 bits per heavy atom. The Balaban J connectivity index is 2.12. The molecule has 0 atom stereocenters. The van der Waals surface area contributed by atoms with Crippen LogP contribution in [0.5, 0.6) is 0 Å². The van der Waals surface area contributed by atoms with Crippen LogP contribution in [0, 0.1) is 11.8 Å². The molecule has 1 aromatic carbocycles. The SMILES string of the molecule is CC(C)C1CCC(=Cc2c(Cl)cccc2Cl)CC1.